The maximum atomic E-state index is 13.3. The molecular formula is C28H39ClN4O3. The Kier molecular flexibility index (Phi) is 8.50. The first-order valence-electron chi connectivity index (χ1n) is 13.6. The minimum Gasteiger partial charge on any atom is -0.491 e. The van der Waals surface area contributed by atoms with Gasteiger partial charge in [0.2, 0.25) is 5.91 Å². The van der Waals surface area contributed by atoms with Crippen LogP contribution >= 0.6 is 11.6 Å². The molecule has 1 aromatic heterocycles. The SMILES string of the molecule is O=C(C[C@]1(COc2ccc(Cl)cc2)CN(Cc2cnn(C3CCCCC3)c2)CCO1)N1CCCCC1. The fourth-order valence-electron chi connectivity index (χ4n) is 5.84. The lowest BCUT2D eigenvalue weighted by molar-refractivity contribution is -0.157. The Labute approximate surface area is 219 Å². The summed E-state index contributed by atoms with van der Waals surface area (Å²) in [4.78, 5) is 17.7. The monoisotopic (exact) mass is 514 g/mol. The smallest absolute Gasteiger partial charge is 0.225 e. The standard InChI is InChI=1S/C28H39ClN4O3/c29-24-9-11-26(12-10-24)35-22-28(17-27(34)32-13-5-2-6-14-32)21-31(15-16-36-28)19-23-18-30-33(20-23)25-7-3-1-4-8-25/h9-12,18,20,25H,1-8,13-17,19,21-22H2/t28-/m1/s1. The number of hydrogen-bond acceptors (Lipinski definition) is 5. The van der Waals surface area contributed by atoms with Gasteiger partial charge in [-0.05, 0) is 56.4 Å². The highest BCUT2D eigenvalue weighted by atomic mass is 35.5. The summed E-state index contributed by atoms with van der Waals surface area (Å²) in [7, 11) is 0. The number of rotatable bonds is 8. The number of nitrogens with zero attached hydrogens (tertiary/aromatic N) is 4. The Balaban J connectivity index is 1.27. The third-order valence-electron chi connectivity index (χ3n) is 7.84. The molecule has 3 fully saturated rings. The van der Waals surface area contributed by atoms with Crippen molar-refractivity contribution >= 4 is 17.5 Å². The molecular weight excluding hydrogens is 476 g/mol. The number of carbonyl (C=O) groups is 1. The summed E-state index contributed by atoms with van der Waals surface area (Å²) < 4.78 is 14.7. The van der Waals surface area contributed by atoms with Crippen LogP contribution < -0.4 is 4.74 Å². The average Bonchev–Trinajstić information content (AvgIpc) is 3.38. The number of aromatic nitrogens is 2. The Morgan fingerprint density at radius 1 is 1.06 bits per heavy atom. The van der Waals surface area contributed by atoms with Crippen LogP contribution in [0.4, 0.5) is 0 Å². The van der Waals surface area contributed by atoms with E-state index in [-0.39, 0.29) is 5.91 Å². The summed E-state index contributed by atoms with van der Waals surface area (Å²) in [6.45, 7) is 4.87. The van der Waals surface area contributed by atoms with Crippen molar-refractivity contribution in [3.8, 4) is 5.75 Å². The van der Waals surface area contributed by atoms with Crippen LogP contribution in [-0.2, 0) is 16.1 Å². The Morgan fingerprint density at radius 2 is 1.81 bits per heavy atom. The van der Waals surface area contributed by atoms with Crippen LogP contribution in [0.25, 0.3) is 0 Å². The van der Waals surface area contributed by atoms with Crippen molar-refractivity contribution < 1.29 is 14.3 Å². The van der Waals surface area contributed by atoms with Gasteiger partial charge in [-0.1, -0.05) is 30.9 Å². The molecule has 0 bridgehead atoms. The minimum atomic E-state index is -0.689. The first-order chi connectivity index (χ1) is 17.6. The van der Waals surface area contributed by atoms with E-state index in [1.807, 2.05) is 35.4 Å². The van der Waals surface area contributed by atoms with E-state index in [1.54, 1.807) is 0 Å². The highest BCUT2D eigenvalue weighted by Crippen LogP contribution is 2.29. The first kappa shape index (κ1) is 25.6. The van der Waals surface area contributed by atoms with Crippen LogP contribution in [0.15, 0.2) is 36.7 Å². The lowest BCUT2D eigenvalue weighted by atomic mass is 9.95. The maximum absolute atomic E-state index is 13.3. The zero-order valence-electron chi connectivity index (χ0n) is 21.2. The van der Waals surface area contributed by atoms with E-state index in [4.69, 9.17) is 26.2 Å². The first-order valence-corrected chi connectivity index (χ1v) is 14.0. The zero-order chi connectivity index (χ0) is 24.8. The number of carbonyl (C=O) groups excluding carboxylic acids is 1. The number of hydrogen-bond donors (Lipinski definition) is 0. The fourth-order valence-corrected chi connectivity index (χ4v) is 5.97. The number of likely N-dealkylation sites (tertiary alicyclic amines) is 1. The van der Waals surface area contributed by atoms with E-state index in [2.05, 4.69) is 15.8 Å². The normalized spacial score (nSPS) is 24.1. The van der Waals surface area contributed by atoms with Gasteiger partial charge in [-0.25, -0.2) is 0 Å². The van der Waals surface area contributed by atoms with Crippen LogP contribution in [0.3, 0.4) is 0 Å². The van der Waals surface area contributed by atoms with Gasteiger partial charge >= 0.3 is 0 Å². The number of amides is 1. The Bertz CT molecular complexity index is 985. The van der Waals surface area contributed by atoms with Crippen LogP contribution in [0.2, 0.25) is 5.02 Å². The molecule has 0 unspecified atom stereocenters. The second kappa shape index (κ2) is 12.0. The molecule has 0 N–H and O–H groups in total. The van der Waals surface area contributed by atoms with Crippen molar-refractivity contribution in [2.24, 2.45) is 0 Å². The lowest BCUT2D eigenvalue weighted by Crippen LogP contribution is -2.57. The van der Waals surface area contributed by atoms with Crippen molar-refractivity contribution in [1.29, 1.82) is 0 Å². The van der Waals surface area contributed by atoms with E-state index in [9.17, 15) is 4.79 Å². The Hall–Kier alpha value is -2.09. The third-order valence-corrected chi connectivity index (χ3v) is 8.09. The summed E-state index contributed by atoms with van der Waals surface area (Å²) in [5.41, 5.74) is 0.531. The number of piperidine rings is 1. The quantitative estimate of drug-likeness (QED) is 0.491. The average molecular weight is 515 g/mol. The van der Waals surface area contributed by atoms with Gasteiger partial charge in [0.1, 0.15) is 18.0 Å². The van der Waals surface area contributed by atoms with Crippen molar-refractivity contribution in [3.05, 3.63) is 47.2 Å². The van der Waals surface area contributed by atoms with Crippen molar-refractivity contribution in [3.63, 3.8) is 0 Å². The molecule has 2 aromatic rings. The van der Waals surface area contributed by atoms with E-state index < -0.39 is 5.60 Å². The van der Waals surface area contributed by atoms with E-state index >= 15 is 0 Å². The molecule has 196 valence electrons. The van der Waals surface area contributed by atoms with Gasteiger partial charge in [-0.2, -0.15) is 5.10 Å². The maximum Gasteiger partial charge on any atom is 0.225 e. The van der Waals surface area contributed by atoms with Crippen LogP contribution in [0, 0.1) is 0 Å². The predicted octanol–water partition coefficient (Wildman–Crippen LogP) is 5.09. The van der Waals surface area contributed by atoms with Gasteiger partial charge in [0.15, 0.2) is 0 Å². The molecule has 0 spiro atoms. The molecule has 1 atom stereocenters. The van der Waals surface area contributed by atoms with E-state index in [0.29, 0.717) is 37.2 Å². The van der Waals surface area contributed by atoms with Crippen LogP contribution in [0.1, 0.15) is 69.4 Å². The summed E-state index contributed by atoms with van der Waals surface area (Å²) >= 11 is 6.05. The molecule has 36 heavy (non-hydrogen) atoms. The van der Waals surface area contributed by atoms with Crippen LogP contribution in [-0.4, -0.2) is 70.5 Å². The lowest BCUT2D eigenvalue weighted by Gasteiger charge is -2.43. The molecule has 1 saturated carbocycles. The third kappa shape index (κ3) is 6.61. The summed E-state index contributed by atoms with van der Waals surface area (Å²) in [6, 6.07) is 7.90. The molecule has 5 rings (SSSR count). The zero-order valence-corrected chi connectivity index (χ0v) is 22.0. The van der Waals surface area contributed by atoms with Gasteiger partial charge in [-0.15, -0.1) is 0 Å². The number of halogens is 1. The summed E-state index contributed by atoms with van der Waals surface area (Å²) in [6.07, 6.45) is 14.3. The van der Waals surface area contributed by atoms with Crippen molar-refractivity contribution in [1.82, 2.24) is 19.6 Å². The minimum absolute atomic E-state index is 0.168. The number of benzene rings is 1. The molecule has 2 saturated heterocycles. The fraction of sp³-hybridized carbons (Fsp3) is 0.643. The largest absolute Gasteiger partial charge is 0.491 e. The molecule has 2 aliphatic heterocycles. The van der Waals surface area contributed by atoms with E-state index in [1.165, 1.54) is 44.1 Å². The van der Waals surface area contributed by atoms with Gasteiger partial charge in [0.05, 0.1) is 25.3 Å². The topological polar surface area (TPSA) is 59.8 Å². The second-order valence-corrected chi connectivity index (χ2v) is 11.2. The molecule has 1 aliphatic carbocycles. The summed E-state index contributed by atoms with van der Waals surface area (Å²) in [5.74, 6) is 0.903. The molecule has 8 heteroatoms. The number of ether oxygens (including phenoxy) is 2. The molecule has 1 aromatic carbocycles. The molecule has 3 aliphatic rings. The highest BCUT2D eigenvalue weighted by molar-refractivity contribution is 6.30. The van der Waals surface area contributed by atoms with Gasteiger partial charge in [-0.3, -0.25) is 14.4 Å². The second-order valence-electron chi connectivity index (χ2n) is 10.7. The molecule has 0 radical (unpaired) electrons. The van der Waals surface area contributed by atoms with Gasteiger partial charge in [0, 0.05) is 49.5 Å². The van der Waals surface area contributed by atoms with E-state index in [0.717, 1.165) is 44.8 Å². The molecule has 7 nitrogen and oxygen atoms in total. The van der Waals surface area contributed by atoms with Crippen molar-refractivity contribution in [2.45, 2.75) is 76.0 Å². The number of morpholine rings is 1. The van der Waals surface area contributed by atoms with Crippen LogP contribution in [0.5, 0.6) is 5.75 Å². The summed E-state index contributed by atoms with van der Waals surface area (Å²) in [5, 5.41) is 5.37. The van der Waals surface area contributed by atoms with Gasteiger partial charge in [0.25, 0.3) is 0 Å². The molecule has 3 heterocycles. The highest BCUT2D eigenvalue weighted by Gasteiger charge is 2.41. The van der Waals surface area contributed by atoms with Gasteiger partial charge < -0.3 is 14.4 Å². The molecule has 1 amide bonds. The van der Waals surface area contributed by atoms with Crippen molar-refractivity contribution in [2.75, 3.05) is 39.4 Å². The Morgan fingerprint density at radius 3 is 2.58 bits per heavy atom. The predicted molar refractivity (Wildman–Crippen MR) is 140 cm³/mol.